The van der Waals surface area contributed by atoms with Crippen LogP contribution in [-0.4, -0.2) is 297 Å². The number of ether oxygens (including phenoxy) is 9. The summed E-state index contributed by atoms with van der Waals surface area (Å²) in [6, 6.07) is -5.11. The van der Waals surface area contributed by atoms with Crippen LogP contribution >= 0.6 is 0 Å². The second kappa shape index (κ2) is 25.0. The van der Waals surface area contributed by atoms with E-state index in [1.54, 1.807) is 0 Å². The van der Waals surface area contributed by atoms with Crippen LogP contribution in [0.5, 0.6) is 0 Å². The van der Waals surface area contributed by atoms with Crippen molar-refractivity contribution in [3.8, 4) is 0 Å². The molecule has 5 rings (SSSR count). The molecule has 0 aromatic carbocycles. The number of carboxylic acids is 1. The predicted octanol–water partition coefficient (Wildman–Crippen LogP) is -12.3. The molecule has 0 bridgehead atoms. The van der Waals surface area contributed by atoms with Crippen LogP contribution in [0.15, 0.2) is 0 Å². The topological polar surface area (TPSA) is 511 Å². The molecule has 32 heteroatoms. The van der Waals surface area contributed by atoms with Crippen molar-refractivity contribution in [1.82, 2.24) is 16.0 Å². The molecule has 26 atom stereocenters. The highest BCUT2D eigenvalue weighted by atomic mass is 16.8. The number of hydrogen-bond acceptors (Lipinski definition) is 28. The van der Waals surface area contributed by atoms with Gasteiger partial charge < -0.3 is 140 Å². The van der Waals surface area contributed by atoms with E-state index in [-0.39, 0.29) is 0 Å². The standard InChI is InChI=1S/C39H65N3O29/c1-10(48)40-19-13(51)4-39(38(61)62,70-31(19)22(53)14(52)5-43)71-33-26(57)18(9-47)66-37(28(33)59)68-30-21(42-12(3)50)35(64-16(7-45)24(30)55)69-32-25(56)17(8-46)65-36(27(32)58)67-29-20(41-11(2)49)34(60)63-15(6-44)23(29)54/h13-37,43-47,51-60H,4-9H2,1-3H3,(H,40,48)(H,41,49)(H,42,50)(H,61,62)/t13-,14+,15+,16+,17+,18+,19+,20+,21+,22+,23-,24+,25-,26-,27+,28+,29+,30+,31+,32-,33-,34?,35-,36-,37-,39-/m0/s1. The highest BCUT2D eigenvalue weighted by molar-refractivity contribution is 5.77. The van der Waals surface area contributed by atoms with E-state index in [0.29, 0.717) is 0 Å². The third-order valence-corrected chi connectivity index (χ3v) is 12.5. The maximum Gasteiger partial charge on any atom is 0.364 e. The molecule has 32 nitrogen and oxygen atoms in total. The summed E-state index contributed by atoms with van der Waals surface area (Å²) in [5, 5.41) is 179. The first-order valence-electron chi connectivity index (χ1n) is 22.2. The lowest BCUT2D eigenvalue weighted by atomic mass is 9.88. The summed E-state index contributed by atoms with van der Waals surface area (Å²) in [6.45, 7) is -2.24. The second-order valence-electron chi connectivity index (χ2n) is 17.6. The Kier molecular flexibility index (Phi) is 20.7. The minimum Gasteiger partial charge on any atom is -0.477 e. The van der Waals surface area contributed by atoms with Gasteiger partial charge in [-0.2, -0.15) is 0 Å². The van der Waals surface area contributed by atoms with Crippen molar-refractivity contribution in [2.24, 2.45) is 0 Å². The molecule has 71 heavy (non-hydrogen) atoms. The molecule has 3 amide bonds. The highest BCUT2D eigenvalue weighted by Crippen LogP contribution is 2.39. The van der Waals surface area contributed by atoms with Crippen LogP contribution in [0.25, 0.3) is 0 Å². The van der Waals surface area contributed by atoms with Crippen LogP contribution in [0.4, 0.5) is 0 Å². The second-order valence-corrected chi connectivity index (χ2v) is 17.6. The Morgan fingerprint density at radius 2 is 0.944 bits per heavy atom. The Labute approximate surface area is 402 Å². The summed E-state index contributed by atoms with van der Waals surface area (Å²) >= 11 is 0. The van der Waals surface area contributed by atoms with Crippen LogP contribution in [0.3, 0.4) is 0 Å². The van der Waals surface area contributed by atoms with Gasteiger partial charge in [0.25, 0.3) is 5.79 Å². The third-order valence-electron chi connectivity index (χ3n) is 12.5. The SMILES string of the molecule is CC(=O)N[C@H]1[C@H](O[C@H]2[C@@H](O)[C@@H](CO)O[C@@H](O[C@H]3[C@@H](O)[C@@H](CO)OC(O)[C@@H]3NC(C)=O)[C@@H]2O)O[C@H](CO)[C@@H](O)[C@@H]1O[C@@H]1O[C@H](CO)[C@H](O)[C@H](O[C@]2(C(=O)O)C[C@H](O)[C@@H](NC(C)=O)[C@H]([C@H](O)[C@H](O)CO)O2)[C@H]1O. The number of carbonyl (C=O) groups excluding carboxylic acids is 3. The molecule has 5 heterocycles. The Morgan fingerprint density at radius 1 is 0.549 bits per heavy atom. The molecule has 0 aromatic heterocycles. The molecular formula is C39H65N3O29. The molecule has 410 valence electrons. The van der Waals surface area contributed by atoms with E-state index in [0.717, 1.165) is 20.8 Å². The maximum absolute atomic E-state index is 13.0. The zero-order chi connectivity index (χ0) is 53.0. The normalized spacial score (nSPS) is 45.0. The van der Waals surface area contributed by atoms with Crippen molar-refractivity contribution in [3.63, 3.8) is 0 Å². The summed E-state index contributed by atoms with van der Waals surface area (Å²) in [5.41, 5.74) is 0. The fourth-order valence-corrected chi connectivity index (χ4v) is 8.93. The van der Waals surface area contributed by atoms with Gasteiger partial charge in [0.15, 0.2) is 25.2 Å². The number of rotatable bonds is 19. The van der Waals surface area contributed by atoms with Crippen molar-refractivity contribution in [1.29, 1.82) is 0 Å². The summed E-state index contributed by atoms with van der Waals surface area (Å²) in [7, 11) is 0. The van der Waals surface area contributed by atoms with Crippen LogP contribution in [0.1, 0.15) is 27.2 Å². The first-order valence-corrected chi connectivity index (χ1v) is 22.2. The number of carbonyl (C=O) groups is 4. The van der Waals surface area contributed by atoms with E-state index < -0.39 is 222 Å². The average molecular weight is 1040 g/mol. The molecule has 5 saturated heterocycles. The van der Waals surface area contributed by atoms with Gasteiger partial charge in [0.2, 0.25) is 17.7 Å². The highest BCUT2D eigenvalue weighted by Gasteiger charge is 2.61. The summed E-state index contributed by atoms with van der Waals surface area (Å²) < 4.78 is 51.2. The van der Waals surface area contributed by atoms with Crippen LogP contribution in [0.2, 0.25) is 0 Å². The van der Waals surface area contributed by atoms with Crippen molar-refractivity contribution in [3.05, 3.63) is 0 Å². The van der Waals surface area contributed by atoms with E-state index in [2.05, 4.69) is 16.0 Å². The number of nitrogens with one attached hydrogen (secondary N) is 3. The van der Waals surface area contributed by atoms with Gasteiger partial charge in [-0.25, -0.2) is 4.79 Å². The van der Waals surface area contributed by atoms with E-state index in [9.17, 15) is 101 Å². The van der Waals surface area contributed by atoms with Gasteiger partial charge in [-0.05, 0) is 0 Å². The van der Waals surface area contributed by atoms with E-state index in [1.165, 1.54) is 0 Å². The Bertz CT molecular complexity index is 1780. The van der Waals surface area contributed by atoms with Crippen LogP contribution < -0.4 is 16.0 Å². The molecule has 5 fully saturated rings. The number of carboxylic acid groups (broad SMARTS) is 1. The zero-order valence-corrected chi connectivity index (χ0v) is 38.1. The van der Waals surface area contributed by atoms with Crippen LogP contribution in [0, 0.1) is 0 Å². The van der Waals surface area contributed by atoms with E-state index in [1.807, 2.05) is 0 Å². The first-order chi connectivity index (χ1) is 33.4. The molecule has 0 spiro atoms. The lowest BCUT2D eigenvalue weighted by molar-refractivity contribution is -0.387. The van der Waals surface area contributed by atoms with Crippen LogP contribution in [-0.2, 0) is 61.8 Å². The van der Waals surface area contributed by atoms with E-state index in [4.69, 9.17) is 42.6 Å². The fourth-order valence-electron chi connectivity index (χ4n) is 8.93. The Hall–Kier alpha value is -3.08. The number of hydrogen-bond donors (Lipinski definition) is 19. The monoisotopic (exact) mass is 1040 g/mol. The average Bonchev–Trinajstić information content (AvgIpc) is 3.31. The zero-order valence-electron chi connectivity index (χ0n) is 38.1. The fraction of sp³-hybridized carbons (Fsp3) is 0.897. The Morgan fingerprint density at radius 3 is 1.41 bits per heavy atom. The number of aliphatic carboxylic acids is 1. The van der Waals surface area contributed by atoms with Gasteiger partial charge in [-0.3, -0.25) is 14.4 Å². The molecule has 0 radical (unpaired) electrons. The quantitative estimate of drug-likeness (QED) is 0.0571. The molecular weight excluding hydrogens is 974 g/mol. The number of amides is 3. The van der Waals surface area contributed by atoms with E-state index >= 15 is 0 Å². The maximum atomic E-state index is 13.0. The van der Waals surface area contributed by atoms with Gasteiger partial charge in [0, 0.05) is 27.2 Å². The molecule has 1 unspecified atom stereocenters. The lowest BCUT2D eigenvalue weighted by Gasteiger charge is -2.51. The van der Waals surface area contributed by atoms with Gasteiger partial charge >= 0.3 is 5.97 Å². The smallest absolute Gasteiger partial charge is 0.364 e. The molecule has 5 aliphatic rings. The summed E-state index contributed by atoms with van der Waals surface area (Å²) in [4.78, 5) is 49.8. The molecule has 5 aliphatic heterocycles. The number of aliphatic hydroxyl groups excluding tert-OH is 15. The first kappa shape index (κ1) is 58.8. The van der Waals surface area contributed by atoms with Crippen molar-refractivity contribution in [2.75, 3.05) is 33.0 Å². The molecule has 19 N–H and O–H groups in total. The van der Waals surface area contributed by atoms with Gasteiger partial charge in [-0.15, -0.1) is 0 Å². The molecule has 0 aromatic rings. The van der Waals surface area contributed by atoms with Crippen molar-refractivity contribution >= 4 is 23.7 Å². The molecule has 0 aliphatic carbocycles. The van der Waals surface area contributed by atoms with Gasteiger partial charge in [-0.1, -0.05) is 0 Å². The largest absolute Gasteiger partial charge is 0.477 e. The predicted molar refractivity (Wildman–Crippen MR) is 219 cm³/mol. The van der Waals surface area contributed by atoms with Crippen molar-refractivity contribution in [2.45, 2.75) is 186 Å². The molecule has 0 saturated carbocycles. The minimum absolute atomic E-state index is 0.755. The third kappa shape index (κ3) is 12.9. The lowest BCUT2D eigenvalue weighted by Crippen LogP contribution is -2.71. The van der Waals surface area contributed by atoms with Gasteiger partial charge in [0.1, 0.15) is 116 Å². The minimum atomic E-state index is -3.20. The Balaban J connectivity index is 1.46. The van der Waals surface area contributed by atoms with Gasteiger partial charge in [0.05, 0.1) is 45.2 Å². The summed E-state index contributed by atoms with van der Waals surface area (Å²) in [5.74, 6) is -7.77. The number of aliphatic hydroxyl groups is 15. The summed E-state index contributed by atoms with van der Waals surface area (Å²) in [6.07, 6.45) is -45.6. The van der Waals surface area contributed by atoms with Crippen molar-refractivity contribution < 1.29 is 144 Å².